The number of nitrogens with one attached hydrogen (secondary N) is 1. The number of carbonyl (C=O) groups is 2. The maximum absolute atomic E-state index is 12.1. The molecule has 0 bridgehead atoms. The summed E-state index contributed by atoms with van der Waals surface area (Å²) in [5.41, 5.74) is 0. The molecule has 1 amide bonds. The molecule has 0 radical (unpaired) electrons. The van der Waals surface area contributed by atoms with Crippen molar-refractivity contribution >= 4 is 11.9 Å². The van der Waals surface area contributed by atoms with Gasteiger partial charge in [-0.05, 0) is 26.7 Å². The Morgan fingerprint density at radius 3 is 2.28 bits per heavy atom. The molecule has 1 rings (SSSR count). The van der Waals surface area contributed by atoms with Crippen LogP contribution < -0.4 is 5.32 Å². The number of amides is 1. The third kappa shape index (κ3) is 5.07. The highest BCUT2D eigenvalue weighted by molar-refractivity contribution is 5.85. The average Bonchev–Trinajstić information content (AvgIpc) is 2.28. The van der Waals surface area contributed by atoms with Crippen LogP contribution in [0.15, 0.2) is 0 Å². The van der Waals surface area contributed by atoms with Crippen LogP contribution in [-0.2, 0) is 14.3 Å². The minimum atomic E-state index is -0.539. The molecule has 18 heavy (non-hydrogen) atoms. The standard InChI is InChI=1S/C14H25NO3/c1-3-18-14(17)11(2)15-13(16)12-9-7-5-4-6-8-10-12/h11-12H,3-10H2,1-2H3,(H,15,16). The van der Waals surface area contributed by atoms with Crippen LogP contribution in [0.1, 0.15) is 58.8 Å². The Balaban J connectivity index is 2.39. The number of hydrogen-bond donors (Lipinski definition) is 1. The minimum Gasteiger partial charge on any atom is -0.464 e. The normalized spacial score (nSPS) is 19.4. The predicted molar refractivity (Wildman–Crippen MR) is 70.0 cm³/mol. The molecule has 104 valence electrons. The van der Waals surface area contributed by atoms with Gasteiger partial charge in [-0.25, -0.2) is 4.79 Å². The van der Waals surface area contributed by atoms with Gasteiger partial charge in [-0.3, -0.25) is 4.79 Å². The number of esters is 1. The van der Waals surface area contributed by atoms with Crippen LogP contribution in [0.3, 0.4) is 0 Å². The van der Waals surface area contributed by atoms with Crippen molar-refractivity contribution in [3.8, 4) is 0 Å². The maximum Gasteiger partial charge on any atom is 0.328 e. The lowest BCUT2D eigenvalue weighted by atomic mass is 9.90. The van der Waals surface area contributed by atoms with Crippen LogP contribution in [-0.4, -0.2) is 24.5 Å². The van der Waals surface area contributed by atoms with E-state index in [-0.39, 0.29) is 17.8 Å². The van der Waals surface area contributed by atoms with Crippen LogP contribution in [0.4, 0.5) is 0 Å². The van der Waals surface area contributed by atoms with Crippen molar-refractivity contribution in [1.82, 2.24) is 5.32 Å². The van der Waals surface area contributed by atoms with E-state index >= 15 is 0 Å². The first kappa shape index (κ1) is 15.0. The summed E-state index contributed by atoms with van der Waals surface area (Å²) in [6.45, 7) is 3.79. The van der Waals surface area contributed by atoms with Gasteiger partial charge in [0.25, 0.3) is 0 Å². The van der Waals surface area contributed by atoms with Crippen molar-refractivity contribution in [3.63, 3.8) is 0 Å². The Labute approximate surface area is 109 Å². The minimum absolute atomic E-state index is 0.0115. The van der Waals surface area contributed by atoms with Crippen LogP contribution >= 0.6 is 0 Å². The maximum atomic E-state index is 12.1. The zero-order valence-corrected chi connectivity index (χ0v) is 11.5. The van der Waals surface area contributed by atoms with Gasteiger partial charge in [0, 0.05) is 5.92 Å². The molecule has 0 aliphatic heterocycles. The molecule has 0 aromatic rings. The van der Waals surface area contributed by atoms with E-state index < -0.39 is 6.04 Å². The van der Waals surface area contributed by atoms with E-state index in [1.54, 1.807) is 13.8 Å². The monoisotopic (exact) mass is 255 g/mol. The van der Waals surface area contributed by atoms with Gasteiger partial charge >= 0.3 is 5.97 Å². The molecule has 1 saturated carbocycles. The van der Waals surface area contributed by atoms with Crippen molar-refractivity contribution in [2.24, 2.45) is 5.92 Å². The van der Waals surface area contributed by atoms with E-state index in [1.807, 2.05) is 0 Å². The van der Waals surface area contributed by atoms with E-state index in [0.29, 0.717) is 6.61 Å². The van der Waals surface area contributed by atoms with Gasteiger partial charge < -0.3 is 10.1 Å². The first-order valence-corrected chi connectivity index (χ1v) is 7.12. The van der Waals surface area contributed by atoms with Gasteiger partial charge in [0.1, 0.15) is 6.04 Å². The Hall–Kier alpha value is -1.06. The molecule has 4 heteroatoms. The number of carbonyl (C=O) groups excluding carboxylic acids is 2. The smallest absolute Gasteiger partial charge is 0.328 e. The van der Waals surface area contributed by atoms with Crippen LogP contribution in [0.2, 0.25) is 0 Å². The lowest BCUT2D eigenvalue weighted by Gasteiger charge is -2.21. The third-order valence-corrected chi connectivity index (χ3v) is 3.47. The first-order valence-electron chi connectivity index (χ1n) is 7.12. The van der Waals surface area contributed by atoms with Gasteiger partial charge in [-0.2, -0.15) is 0 Å². The molecule has 4 nitrogen and oxygen atoms in total. The third-order valence-electron chi connectivity index (χ3n) is 3.47. The molecule has 1 aliphatic rings. The van der Waals surface area contributed by atoms with Crippen molar-refractivity contribution in [1.29, 1.82) is 0 Å². The molecule has 1 unspecified atom stereocenters. The van der Waals surface area contributed by atoms with Crippen molar-refractivity contribution < 1.29 is 14.3 Å². The van der Waals surface area contributed by atoms with Crippen LogP contribution in [0, 0.1) is 5.92 Å². The lowest BCUT2D eigenvalue weighted by molar-refractivity contribution is -0.147. The van der Waals surface area contributed by atoms with Gasteiger partial charge in [0.15, 0.2) is 0 Å². The largest absolute Gasteiger partial charge is 0.464 e. The second-order valence-corrected chi connectivity index (χ2v) is 5.02. The fourth-order valence-electron chi connectivity index (χ4n) is 2.38. The van der Waals surface area contributed by atoms with E-state index in [1.165, 1.54) is 19.3 Å². The Morgan fingerprint density at radius 1 is 1.17 bits per heavy atom. The number of ether oxygens (including phenoxy) is 1. The molecular formula is C14H25NO3. The molecule has 0 aromatic heterocycles. The molecule has 1 fully saturated rings. The lowest BCUT2D eigenvalue weighted by Crippen LogP contribution is -2.42. The Kier molecular flexibility index (Phi) is 6.76. The van der Waals surface area contributed by atoms with Crippen LogP contribution in [0.25, 0.3) is 0 Å². The van der Waals surface area contributed by atoms with E-state index in [2.05, 4.69) is 5.32 Å². The Bertz CT molecular complexity index is 270. The Morgan fingerprint density at radius 2 is 1.72 bits per heavy atom. The van der Waals surface area contributed by atoms with Crippen molar-refractivity contribution in [2.45, 2.75) is 64.8 Å². The molecule has 1 N–H and O–H groups in total. The molecular weight excluding hydrogens is 230 g/mol. The van der Waals surface area contributed by atoms with E-state index in [9.17, 15) is 9.59 Å². The second-order valence-electron chi connectivity index (χ2n) is 5.02. The fraction of sp³-hybridized carbons (Fsp3) is 0.857. The molecule has 0 spiro atoms. The molecule has 0 aromatic carbocycles. The topological polar surface area (TPSA) is 55.4 Å². The predicted octanol–water partition coefficient (Wildman–Crippen LogP) is 2.41. The summed E-state index contributed by atoms with van der Waals surface area (Å²) < 4.78 is 4.88. The second kappa shape index (κ2) is 8.11. The summed E-state index contributed by atoms with van der Waals surface area (Å²) in [6, 6.07) is -0.539. The summed E-state index contributed by atoms with van der Waals surface area (Å²) in [5, 5.41) is 2.77. The molecule has 1 atom stereocenters. The zero-order valence-electron chi connectivity index (χ0n) is 11.5. The quantitative estimate of drug-likeness (QED) is 0.785. The van der Waals surface area contributed by atoms with Crippen LogP contribution in [0.5, 0.6) is 0 Å². The van der Waals surface area contributed by atoms with Gasteiger partial charge in [0.05, 0.1) is 6.61 Å². The highest BCUT2D eigenvalue weighted by Gasteiger charge is 2.23. The van der Waals surface area contributed by atoms with Gasteiger partial charge in [0.2, 0.25) is 5.91 Å². The SMILES string of the molecule is CCOC(=O)C(C)NC(=O)C1CCCCCCC1. The van der Waals surface area contributed by atoms with E-state index in [4.69, 9.17) is 4.74 Å². The number of rotatable bonds is 4. The highest BCUT2D eigenvalue weighted by Crippen LogP contribution is 2.22. The zero-order chi connectivity index (χ0) is 13.4. The fourth-order valence-corrected chi connectivity index (χ4v) is 2.38. The van der Waals surface area contributed by atoms with Crippen molar-refractivity contribution in [3.05, 3.63) is 0 Å². The summed E-state index contributed by atoms with van der Waals surface area (Å²) >= 11 is 0. The molecule has 1 aliphatic carbocycles. The summed E-state index contributed by atoms with van der Waals surface area (Å²) in [4.78, 5) is 23.5. The first-order chi connectivity index (χ1) is 8.65. The highest BCUT2D eigenvalue weighted by atomic mass is 16.5. The average molecular weight is 255 g/mol. The van der Waals surface area contributed by atoms with Gasteiger partial charge in [-0.1, -0.05) is 32.1 Å². The molecule has 0 saturated heterocycles. The summed E-state index contributed by atoms with van der Waals surface area (Å²) in [6.07, 6.45) is 7.85. The van der Waals surface area contributed by atoms with Gasteiger partial charge in [-0.15, -0.1) is 0 Å². The van der Waals surface area contributed by atoms with E-state index in [0.717, 1.165) is 25.7 Å². The summed E-state index contributed by atoms with van der Waals surface area (Å²) in [5.74, 6) is -0.267. The molecule has 0 heterocycles. The number of hydrogen-bond acceptors (Lipinski definition) is 3. The van der Waals surface area contributed by atoms with Crippen molar-refractivity contribution in [2.75, 3.05) is 6.61 Å². The summed E-state index contributed by atoms with van der Waals surface area (Å²) in [7, 11) is 0.